The Morgan fingerprint density at radius 2 is 1.50 bits per heavy atom. The van der Waals surface area contributed by atoms with Gasteiger partial charge in [-0.1, -0.05) is 37.3 Å². The molecule has 2 aromatic carbocycles. The fourth-order valence-corrected chi connectivity index (χ4v) is 4.46. The molecule has 7 nitrogen and oxygen atoms in total. The predicted octanol–water partition coefficient (Wildman–Crippen LogP) is 3.71. The number of nitrogens with zero attached hydrogens (tertiary/aromatic N) is 3. The number of piperazine rings is 1. The molecule has 2 aliphatic rings. The van der Waals surface area contributed by atoms with Gasteiger partial charge in [-0.2, -0.15) is 0 Å². The first-order valence-corrected chi connectivity index (χ1v) is 11.6. The van der Waals surface area contributed by atoms with Crippen LogP contribution in [0.15, 0.2) is 54.6 Å². The zero-order chi connectivity index (χ0) is 22.3. The minimum Gasteiger partial charge on any atom is -0.367 e. The van der Waals surface area contributed by atoms with E-state index in [1.54, 1.807) is 4.90 Å². The molecule has 0 saturated carbocycles. The number of urea groups is 1. The van der Waals surface area contributed by atoms with Crippen molar-refractivity contribution in [3.05, 3.63) is 54.6 Å². The Morgan fingerprint density at radius 3 is 2.19 bits per heavy atom. The standard InChI is InChI=1S/C25H33N5O2/c1-2-28-16-18-29(19-17-28)23-11-7-6-10-22(23)27-24(31)20-12-14-30(15-13-20)25(32)26-21-8-4-3-5-9-21/h3-11,20H,2,12-19H2,1H3,(H,26,32)(H,27,31). The molecule has 3 amide bonds. The summed E-state index contributed by atoms with van der Waals surface area (Å²) < 4.78 is 0. The van der Waals surface area contributed by atoms with Crippen LogP contribution in [0.4, 0.5) is 21.9 Å². The molecule has 0 unspecified atom stereocenters. The second-order valence-corrected chi connectivity index (χ2v) is 8.49. The zero-order valence-electron chi connectivity index (χ0n) is 18.8. The first-order valence-electron chi connectivity index (χ1n) is 11.6. The van der Waals surface area contributed by atoms with Gasteiger partial charge >= 0.3 is 6.03 Å². The van der Waals surface area contributed by atoms with Gasteiger partial charge < -0.3 is 25.3 Å². The van der Waals surface area contributed by atoms with Crippen molar-refractivity contribution >= 4 is 29.0 Å². The fourth-order valence-electron chi connectivity index (χ4n) is 4.46. The molecule has 2 aromatic rings. The number of nitrogens with one attached hydrogen (secondary N) is 2. The number of hydrogen-bond acceptors (Lipinski definition) is 4. The Balaban J connectivity index is 1.30. The van der Waals surface area contributed by atoms with E-state index in [-0.39, 0.29) is 17.9 Å². The number of hydrogen-bond donors (Lipinski definition) is 2. The number of rotatable bonds is 5. The Labute approximate surface area is 190 Å². The highest BCUT2D eigenvalue weighted by Gasteiger charge is 2.28. The number of para-hydroxylation sites is 3. The van der Waals surface area contributed by atoms with Crippen LogP contribution in [-0.4, -0.2) is 67.6 Å². The van der Waals surface area contributed by atoms with Gasteiger partial charge in [-0.3, -0.25) is 4.79 Å². The minimum atomic E-state index is -0.105. The van der Waals surface area contributed by atoms with E-state index in [4.69, 9.17) is 0 Å². The van der Waals surface area contributed by atoms with Crippen LogP contribution in [0.1, 0.15) is 19.8 Å². The van der Waals surface area contributed by atoms with Gasteiger partial charge in [0.1, 0.15) is 0 Å². The topological polar surface area (TPSA) is 67.9 Å². The maximum absolute atomic E-state index is 13.0. The second kappa shape index (κ2) is 10.5. The Bertz CT molecular complexity index is 904. The van der Waals surface area contributed by atoms with Crippen LogP contribution in [-0.2, 0) is 4.79 Å². The molecule has 0 radical (unpaired) electrons. The van der Waals surface area contributed by atoms with Crippen LogP contribution in [0, 0.1) is 5.92 Å². The lowest BCUT2D eigenvalue weighted by Crippen LogP contribution is -2.46. The van der Waals surface area contributed by atoms with Crippen LogP contribution in [0.2, 0.25) is 0 Å². The van der Waals surface area contributed by atoms with Gasteiger partial charge in [-0.15, -0.1) is 0 Å². The third kappa shape index (κ3) is 5.40. The quantitative estimate of drug-likeness (QED) is 0.751. The molecule has 0 aliphatic carbocycles. The Kier molecular flexibility index (Phi) is 7.27. The summed E-state index contributed by atoms with van der Waals surface area (Å²) in [5, 5.41) is 6.10. The normalized spacial score (nSPS) is 17.8. The first-order chi connectivity index (χ1) is 15.6. The minimum absolute atomic E-state index is 0.0489. The summed E-state index contributed by atoms with van der Waals surface area (Å²) in [7, 11) is 0. The SMILES string of the molecule is CCN1CCN(c2ccccc2NC(=O)C2CCN(C(=O)Nc3ccccc3)CC2)CC1. The zero-order valence-corrected chi connectivity index (χ0v) is 18.8. The number of piperidine rings is 1. The van der Waals surface area contributed by atoms with Crippen LogP contribution >= 0.6 is 0 Å². The van der Waals surface area contributed by atoms with Gasteiger partial charge in [0.2, 0.25) is 5.91 Å². The molecule has 7 heteroatoms. The van der Waals surface area contributed by atoms with Crippen LogP contribution in [0.25, 0.3) is 0 Å². The van der Waals surface area contributed by atoms with E-state index in [2.05, 4.69) is 33.4 Å². The summed E-state index contributed by atoms with van der Waals surface area (Å²) in [6, 6.07) is 17.4. The molecular weight excluding hydrogens is 402 g/mol. The summed E-state index contributed by atoms with van der Waals surface area (Å²) in [6.07, 6.45) is 1.34. The summed E-state index contributed by atoms with van der Waals surface area (Å²) >= 11 is 0. The number of carbonyl (C=O) groups excluding carboxylic acids is 2. The summed E-state index contributed by atoms with van der Waals surface area (Å²) in [5.74, 6) is -0.0338. The smallest absolute Gasteiger partial charge is 0.321 e. The second-order valence-electron chi connectivity index (χ2n) is 8.49. The molecule has 0 aromatic heterocycles. The van der Waals surface area contributed by atoms with Crippen molar-refractivity contribution in [3.63, 3.8) is 0 Å². The van der Waals surface area contributed by atoms with Crippen molar-refractivity contribution in [1.29, 1.82) is 0 Å². The van der Waals surface area contributed by atoms with Gasteiger partial charge in [-0.25, -0.2) is 4.79 Å². The van der Waals surface area contributed by atoms with Gasteiger partial charge in [-0.05, 0) is 43.7 Å². The molecular formula is C25H33N5O2. The Morgan fingerprint density at radius 1 is 0.844 bits per heavy atom. The highest BCUT2D eigenvalue weighted by Crippen LogP contribution is 2.28. The number of amides is 3. The van der Waals surface area contributed by atoms with Crippen molar-refractivity contribution < 1.29 is 9.59 Å². The van der Waals surface area contributed by atoms with E-state index >= 15 is 0 Å². The van der Waals surface area contributed by atoms with Crippen molar-refractivity contribution in [3.8, 4) is 0 Å². The number of carbonyl (C=O) groups is 2. The summed E-state index contributed by atoms with van der Waals surface area (Å²) in [6.45, 7) is 8.46. The molecule has 0 spiro atoms. The molecule has 170 valence electrons. The number of likely N-dealkylation sites (N-methyl/N-ethyl adjacent to an activating group) is 1. The Hall–Kier alpha value is -3.06. The molecule has 2 saturated heterocycles. The average Bonchev–Trinajstić information content (AvgIpc) is 2.85. The molecule has 2 heterocycles. The highest BCUT2D eigenvalue weighted by molar-refractivity contribution is 5.96. The van der Waals surface area contributed by atoms with E-state index in [0.717, 1.165) is 49.8 Å². The van der Waals surface area contributed by atoms with Crippen molar-refractivity contribution in [2.24, 2.45) is 5.92 Å². The third-order valence-electron chi connectivity index (χ3n) is 6.50. The molecule has 2 aliphatic heterocycles. The monoisotopic (exact) mass is 435 g/mol. The van der Waals surface area contributed by atoms with E-state index in [9.17, 15) is 9.59 Å². The lowest BCUT2D eigenvalue weighted by molar-refractivity contribution is -0.121. The van der Waals surface area contributed by atoms with Gasteiger partial charge in [0.25, 0.3) is 0 Å². The van der Waals surface area contributed by atoms with Crippen molar-refractivity contribution in [2.45, 2.75) is 19.8 Å². The van der Waals surface area contributed by atoms with Crippen molar-refractivity contribution in [1.82, 2.24) is 9.80 Å². The predicted molar refractivity (Wildman–Crippen MR) is 129 cm³/mol. The van der Waals surface area contributed by atoms with Crippen LogP contribution in [0.5, 0.6) is 0 Å². The molecule has 32 heavy (non-hydrogen) atoms. The van der Waals surface area contributed by atoms with E-state index in [1.807, 2.05) is 48.5 Å². The molecule has 2 N–H and O–H groups in total. The molecule has 0 atom stereocenters. The lowest BCUT2D eigenvalue weighted by Gasteiger charge is -2.36. The number of anilines is 3. The maximum atomic E-state index is 13.0. The van der Waals surface area contributed by atoms with Gasteiger partial charge in [0.15, 0.2) is 0 Å². The van der Waals surface area contributed by atoms with Gasteiger partial charge in [0, 0.05) is 50.9 Å². The number of likely N-dealkylation sites (tertiary alicyclic amines) is 1. The van der Waals surface area contributed by atoms with E-state index in [0.29, 0.717) is 25.9 Å². The van der Waals surface area contributed by atoms with E-state index < -0.39 is 0 Å². The third-order valence-corrected chi connectivity index (χ3v) is 6.50. The van der Waals surface area contributed by atoms with Crippen LogP contribution < -0.4 is 15.5 Å². The summed E-state index contributed by atoms with van der Waals surface area (Å²) in [4.78, 5) is 32.1. The molecule has 2 fully saturated rings. The highest BCUT2D eigenvalue weighted by atomic mass is 16.2. The summed E-state index contributed by atoms with van der Waals surface area (Å²) in [5.41, 5.74) is 2.76. The number of benzene rings is 2. The maximum Gasteiger partial charge on any atom is 0.321 e. The fraction of sp³-hybridized carbons (Fsp3) is 0.440. The lowest BCUT2D eigenvalue weighted by atomic mass is 9.96. The largest absolute Gasteiger partial charge is 0.367 e. The van der Waals surface area contributed by atoms with Crippen LogP contribution in [0.3, 0.4) is 0 Å². The molecule has 0 bridgehead atoms. The van der Waals surface area contributed by atoms with Gasteiger partial charge in [0.05, 0.1) is 11.4 Å². The average molecular weight is 436 g/mol. The molecule has 4 rings (SSSR count). The van der Waals surface area contributed by atoms with E-state index in [1.165, 1.54) is 0 Å². The first kappa shape index (κ1) is 22.1. The van der Waals surface area contributed by atoms with Crippen molar-refractivity contribution in [2.75, 3.05) is 61.3 Å².